The van der Waals surface area contributed by atoms with Crippen molar-refractivity contribution in [2.75, 3.05) is 7.11 Å². The molecule has 0 saturated heterocycles. The minimum absolute atomic E-state index is 0.0792. The van der Waals surface area contributed by atoms with Crippen LogP contribution in [0.1, 0.15) is 22.3 Å². The molecule has 0 radical (unpaired) electrons. The van der Waals surface area contributed by atoms with Crippen molar-refractivity contribution in [3.63, 3.8) is 0 Å². The summed E-state index contributed by atoms with van der Waals surface area (Å²) in [7, 11) is 1.50. The molecule has 0 heterocycles. The summed E-state index contributed by atoms with van der Waals surface area (Å²) in [6, 6.07) is 19.8. The number of rotatable bonds is 6. The number of phenols is 2. The zero-order valence-electron chi connectivity index (χ0n) is 15.5. The number of benzene rings is 3. The first kappa shape index (κ1) is 19.0. The van der Waals surface area contributed by atoms with E-state index < -0.39 is 0 Å². The van der Waals surface area contributed by atoms with Crippen LogP contribution >= 0.6 is 0 Å². The fourth-order valence-corrected chi connectivity index (χ4v) is 2.75. The highest BCUT2D eigenvalue weighted by atomic mass is 16.5. The van der Waals surface area contributed by atoms with Crippen LogP contribution in [-0.4, -0.2) is 33.5 Å². The van der Waals surface area contributed by atoms with Crippen molar-refractivity contribution >= 4 is 18.4 Å². The van der Waals surface area contributed by atoms with Crippen LogP contribution < -0.4 is 4.74 Å². The number of hydroxylamine groups is 1. The van der Waals surface area contributed by atoms with Crippen LogP contribution in [0.2, 0.25) is 0 Å². The van der Waals surface area contributed by atoms with E-state index in [4.69, 9.17) is 4.74 Å². The molecule has 0 saturated carbocycles. The van der Waals surface area contributed by atoms with Gasteiger partial charge in [-0.1, -0.05) is 54.6 Å². The Morgan fingerprint density at radius 1 is 0.857 bits per heavy atom. The zero-order chi connectivity index (χ0) is 19.9. The summed E-state index contributed by atoms with van der Waals surface area (Å²) in [6.07, 6.45) is 5.24. The van der Waals surface area contributed by atoms with Crippen LogP contribution in [0.4, 0.5) is 0 Å². The average Bonchev–Trinajstić information content (AvgIpc) is 2.70. The number of ether oxygens (including phenoxy) is 1. The fourth-order valence-electron chi connectivity index (χ4n) is 2.75. The van der Waals surface area contributed by atoms with Crippen molar-refractivity contribution < 1.29 is 24.9 Å². The van der Waals surface area contributed by atoms with Crippen LogP contribution in [-0.2, 0) is 6.54 Å². The predicted octanol–water partition coefficient (Wildman–Crippen LogP) is 4.30. The summed E-state index contributed by atoms with van der Waals surface area (Å²) >= 11 is 0. The van der Waals surface area contributed by atoms with Crippen LogP contribution in [0, 0.1) is 0 Å². The van der Waals surface area contributed by atoms with E-state index in [9.17, 15) is 15.4 Å². The Labute approximate surface area is 163 Å². The van der Waals surface area contributed by atoms with Gasteiger partial charge < -0.3 is 14.9 Å². The maximum absolute atomic E-state index is 10.2. The molecule has 0 aromatic heterocycles. The minimum Gasteiger partial charge on any atom is -0.507 e. The molecule has 0 amide bonds. The summed E-state index contributed by atoms with van der Waals surface area (Å²) < 4.78 is 6.15. The Bertz CT molecular complexity index is 1010. The Kier molecular flexibility index (Phi) is 5.97. The SMILES string of the molecule is COc1cc(/C=C/c2ccc(O)c(/C=[N+](/O)Cc3ccccc3)c2)ccc1O. The maximum Gasteiger partial charge on any atom is 0.226 e. The molecule has 5 heteroatoms. The molecule has 3 rings (SSSR count). The standard InChI is InChI=1S/C23H21NO4/c1-28-23-14-18(10-12-22(23)26)8-7-17-9-11-21(25)20(13-17)16-24(27)15-19-5-3-2-4-6-19/h2-14,16,26-27H,15H2,1H3/p+1/b8-7+. The number of methoxy groups -OCH3 is 1. The van der Waals surface area contributed by atoms with Gasteiger partial charge in [0.15, 0.2) is 11.5 Å². The van der Waals surface area contributed by atoms with Crippen molar-refractivity contribution in [1.29, 1.82) is 0 Å². The molecule has 0 unspecified atom stereocenters. The third-order valence-electron chi connectivity index (χ3n) is 4.20. The molecule has 0 aliphatic heterocycles. The largest absolute Gasteiger partial charge is 0.507 e. The fraction of sp³-hybridized carbons (Fsp3) is 0.0870. The molecule has 5 nitrogen and oxygen atoms in total. The molecular weight excluding hydrogens is 354 g/mol. The second-order valence-corrected chi connectivity index (χ2v) is 6.30. The van der Waals surface area contributed by atoms with Gasteiger partial charge in [-0.25, -0.2) is 0 Å². The average molecular weight is 376 g/mol. The molecule has 0 atom stereocenters. The van der Waals surface area contributed by atoms with Crippen molar-refractivity contribution in [3.8, 4) is 17.2 Å². The van der Waals surface area contributed by atoms with Crippen LogP contribution in [0.25, 0.3) is 12.2 Å². The highest BCUT2D eigenvalue weighted by Crippen LogP contribution is 2.27. The third-order valence-corrected chi connectivity index (χ3v) is 4.20. The van der Waals surface area contributed by atoms with E-state index in [0.29, 0.717) is 17.9 Å². The van der Waals surface area contributed by atoms with Gasteiger partial charge in [0.1, 0.15) is 5.75 Å². The van der Waals surface area contributed by atoms with Crippen LogP contribution in [0.3, 0.4) is 0 Å². The molecule has 3 aromatic rings. The van der Waals surface area contributed by atoms with Gasteiger partial charge in [-0.3, -0.25) is 5.21 Å². The Morgan fingerprint density at radius 2 is 1.50 bits per heavy atom. The molecule has 28 heavy (non-hydrogen) atoms. The van der Waals surface area contributed by atoms with Crippen molar-refractivity contribution in [1.82, 2.24) is 0 Å². The van der Waals surface area contributed by atoms with E-state index in [1.165, 1.54) is 13.3 Å². The van der Waals surface area contributed by atoms with E-state index in [2.05, 4.69) is 0 Å². The Balaban J connectivity index is 1.80. The number of hydrogen-bond donors (Lipinski definition) is 3. The molecule has 3 aromatic carbocycles. The molecule has 0 fully saturated rings. The smallest absolute Gasteiger partial charge is 0.226 e. The highest BCUT2D eigenvalue weighted by Gasteiger charge is 2.08. The third kappa shape index (κ3) is 4.92. The van der Waals surface area contributed by atoms with Crippen molar-refractivity contribution in [2.45, 2.75) is 6.54 Å². The van der Waals surface area contributed by atoms with Gasteiger partial charge in [-0.15, -0.1) is 0 Å². The zero-order valence-corrected chi connectivity index (χ0v) is 15.5. The lowest BCUT2D eigenvalue weighted by Gasteiger charge is -2.04. The van der Waals surface area contributed by atoms with E-state index in [0.717, 1.165) is 21.4 Å². The number of aromatic hydroxyl groups is 2. The molecule has 0 aliphatic rings. The van der Waals surface area contributed by atoms with Crippen LogP contribution in [0.5, 0.6) is 17.2 Å². The van der Waals surface area contributed by atoms with E-state index in [-0.39, 0.29) is 11.5 Å². The molecule has 0 aliphatic carbocycles. The van der Waals surface area contributed by atoms with Gasteiger partial charge in [0.05, 0.1) is 12.7 Å². The lowest BCUT2D eigenvalue weighted by Crippen LogP contribution is -2.08. The highest BCUT2D eigenvalue weighted by molar-refractivity contribution is 5.82. The quantitative estimate of drug-likeness (QED) is 0.197. The second-order valence-electron chi connectivity index (χ2n) is 6.30. The van der Waals surface area contributed by atoms with Gasteiger partial charge >= 0.3 is 0 Å². The predicted molar refractivity (Wildman–Crippen MR) is 109 cm³/mol. The molecule has 3 N–H and O–H groups in total. The topological polar surface area (TPSA) is 72.9 Å². The summed E-state index contributed by atoms with van der Waals surface area (Å²) in [6.45, 7) is 0.313. The first-order valence-corrected chi connectivity index (χ1v) is 8.77. The van der Waals surface area contributed by atoms with Gasteiger partial charge in [0.25, 0.3) is 0 Å². The normalized spacial score (nSPS) is 11.7. The summed E-state index contributed by atoms with van der Waals surface area (Å²) in [5.74, 6) is 0.567. The van der Waals surface area contributed by atoms with Crippen LogP contribution in [0.15, 0.2) is 66.7 Å². The monoisotopic (exact) mass is 376 g/mol. The van der Waals surface area contributed by atoms with Crippen molar-refractivity contribution in [3.05, 3.63) is 89.0 Å². The van der Waals surface area contributed by atoms with E-state index >= 15 is 0 Å². The Morgan fingerprint density at radius 3 is 2.18 bits per heavy atom. The molecule has 0 bridgehead atoms. The Hall–Kier alpha value is -3.73. The van der Waals surface area contributed by atoms with E-state index in [1.807, 2.05) is 42.5 Å². The van der Waals surface area contributed by atoms with Gasteiger partial charge in [-0.2, -0.15) is 0 Å². The minimum atomic E-state index is 0.0792. The molecule has 142 valence electrons. The summed E-state index contributed by atoms with van der Waals surface area (Å²) in [4.78, 5) is 0. The number of hydrogen-bond acceptors (Lipinski definition) is 4. The van der Waals surface area contributed by atoms with Crippen molar-refractivity contribution in [2.24, 2.45) is 0 Å². The summed E-state index contributed by atoms with van der Waals surface area (Å²) in [5.41, 5.74) is 3.17. The first-order valence-electron chi connectivity index (χ1n) is 8.77. The second kappa shape index (κ2) is 8.77. The summed E-state index contributed by atoms with van der Waals surface area (Å²) in [5, 5.41) is 29.9. The molecule has 0 spiro atoms. The molecular formula is C23H22NO4+. The van der Waals surface area contributed by atoms with E-state index in [1.54, 1.807) is 36.4 Å². The van der Waals surface area contributed by atoms with Gasteiger partial charge in [0.2, 0.25) is 12.8 Å². The number of nitrogens with zero attached hydrogens (tertiary/aromatic N) is 1. The number of phenolic OH excluding ortho intramolecular Hbond substituents is 2. The lowest BCUT2D eigenvalue weighted by atomic mass is 10.1. The maximum atomic E-state index is 10.2. The van der Waals surface area contributed by atoms with Gasteiger partial charge in [-0.05, 0) is 40.1 Å². The lowest BCUT2D eigenvalue weighted by molar-refractivity contribution is -0.783. The first-order chi connectivity index (χ1) is 13.5. The van der Waals surface area contributed by atoms with Gasteiger partial charge in [0, 0.05) is 5.56 Å².